The fraction of sp³-hybridized carbons (Fsp3) is 0.389. The van der Waals surface area contributed by atoms with E-state index in [1.54, 1.807) is 34.9 Å². The fourth-order valence-electron chi connectivity index (χ4n) is 3.18. The second-order valence-corrected chi connectivity index (χ2v) is 7.81. The zero-order valence-corrected chi connectivity index (χ0v) is 14.8. The molecule has 24 heavy (non-hydrogen) atoms. The summed E-state index contributed by atoms with van der Waals surface area (Å²) in [7, 11) is -3.53. The van der Waals surface area contributed by atoms with Gasteiger partial charge in [0.1, 0.15) is 5.75 Å². The SMILES string of the molecule is CCOc1ccc(S(=O)(=O)N2CCC[C@H]2c2ccncc2)cc1C. The normalized spacial score (nSPS) is 18.7. The Morgan fingerprint density at radius 1 is 1.25 bits per heavy atom. The van der Waals surface area contributed by atoms with Crippen molar-refractivity contribution in [2.75, 3.05) is 13.2 Å². The standard InChI is InChI=1S/C18H22N2O3S/c1-3-23-18-7-6-16(13-14(18)2)24(21,22)20-12-4-5-17(20)15-8-10-19-11-9-15/h6-11,13,17H,3-5,12H2,1-2H3/t17-/m0/s1. The molecule has 1 saturated heterocycles. The summed E-state index contributed by atoms with van der Waals surface area (Å²) in [6, 6.07) is 8.73. The van der Waals surface area contributed by atoms with Crippen molar-refractivity contribution in [3.63, 3.8) is 0 Å². The third kappa shape index (κ3) is 3.16. The number of ether oxygens (including phenoxy) is 1. The first kappa shape index (κ1) is 16.9. The summed E-state index contributed by atoms with van der Waals surface area (Å²) in [5.41, 5.74) is 1.83. The van der Waals surface area contributed by atoms with E-state index in [0.717, 1.165) is 29.7 Å². The molecule has 6 heteroatoms. The van der Waals surface area contributed by atoms with Crippen LogP contribution in [0.1, 0.15) is 36.9 Å². The van der Waals surface area contributed by atoms with E-state index in [1.807, 2.05) is 26.0 Å². The van der Waals surface area contributed by atoms with Crippen LogP contribution in [0.15, 0.2) is 47.6 Å². The lowest BCUT2D eigenvalue weighted by Gasteiger charge is -2.24. The molecule has 0 radical (unpaired) electrons. The largest absolute Gasteiger partial charge is 0.494 e. The maximum absolute atomic E-state index is 13.1. The average Bonchev–Trinajstić information content (AvgIpc) is 3.08. The first-order chi connectivity index (χ1) is 11.5. The Kier molecular flexibility index (Phi) is 4.87. The number of pyridine rings is 1. The van der Waals surface area contributed by atoms with Crippen LogP contribution in [-0.2, 0) is 10.0 Å². The Bertz CT molecular complexity index is 806. The number of aromatic nitrogens is 1. The van der Waals surface area contributed by atoms with E-state index in [1.165, 1.54) is 0 Å². The highest BCUT2D eigenvalue weighted by Gasteiger charge is 2.36. The van der Waals surface area contributed by atoms with Gasteiger partial charge in [0.05, 0.1) is 17.5 Å². The molecule has 1 aromatic heterocycles. The van der Waals surface area contributed by atoms with Gasteiger partial charge in [-0.1, -0.05) is 0 Å². The maximum atomic E-state index is 13.1. The van der Waals surface area contributed by atoms with Crippen molar-refractivity contribution in [1.82, 2.24) is 9.29 Å². The Morgan fingerprint density at radius 2 is 2.00 bits per heavy atom. The van der Waals surface area contributed by atoms with Gasteiger partial charge in [-0.05, 0) is 68.1 Å². The van der Waals surface area contributed by atoms with Gasteiger partial charge in [0.25, 0.3) is 0 Å². The van der Waals surface area contributed by atoms with Crippen molar-refractivity contribution >= 4 is 10.0 Å². The molecule has 0 aliphatic carbocycles. The molecule has 0 bridgehead atoms. The van der Waals surface area contributed by atoms with Gasteiger partial charge < -0.3 is 4.74 Å². The van der Waals surface area contributed by atoms with Crippen molar-refractivity contribution < 1.29 is 13.2 Å². The van der Waals surface area contributed by atoms with Gasteiger partial charge in [-0.25, -0.2) is 8.42 Å². The van der Waals surface area contributed by atoms with Gasteiger partial charge in [-0.15, -0.1) is 0 Å². The number of rotatable bonds is 5. The van der Waals surface area contributed by atoms with E-state index in [0.29, 0.717) is 18.0 Å². The predicted octanol–water partition coefficient (Wildman–Crippen LogP) is 3.31. The number of hydrogen-bond donors (Lipinski definition) is 0. The van der Waals surface area contributed by atoms with Crippen LogP contribution in [-0.4, -0.2) is 30.9 Å². The van der Waals surface area contributed by atoms with Gasteiger partial charge in [0.15, 0.2) is 0 Å². The summed E-state index contributed by atoms with van der Waals surface area (Å²) >= 11 is 0. The van der Waals surface area contributed by atoms with E-state index in [2.05, 4.69) is 4.98 Å². The lowest BCUT2D eigenvalue weighted by atomic mass is 10.1. The summed E-state index contributed by atoms with van der Waals surface area (Å²) < 4.78 is 33.3. The lowest BCUT2D eigenvalue weighted by Crippen LogP contribution is -2.30. The molecule has 2 aromatic rings. The molecule has 0 saturated carbocycles. The van der Waals surface area contributed by atoms with E-state index >= 15 is 0 Å². The fourth-order valence-corrected chi connectivity index (χ4v) is 4.95. The Balaban J connectivity index is 1.93. The smallest absolute Gasteiger partial charge is 0.243 e. The minimum absolute atomic E-state index is 0.120. The molecule has 128 valence electrons. The maximum Gasteiger partial charge on any atom is 0.243 e. The highest BCUT2D eigenvalue weighted by atomic mass is 32.2. The Hall–Kier alpha value is -1.92. The topological polar surface area (TPSA) is 59.5 Å². The molecule has 1 fully saturated rings. The van der Waals surface area contributed by atoms with E-state index in [9.17, 15) is 8.42 Å². The molecule has 2 heterocycles. The van der Waals surface area contributed by atoms with Crippen molar-refractivity contribution in [3.05, 3.63) is 53.9 Å². The van der Waals surface area contributed by atoms with Gasteiger partial charge >= 0.3 is 0 Å². The molecule has 3 rings (SSSR count). The quantitative estimate of drug-likeness (QED) is 0.833. The number of aryl methyl sites for hydroxylation is 1. The molecule has 0 amide bonds. The van der Waals surface area contributed by atoms with Gasteiger partial charge in [-0.2, -0.15) is 4.31 Å². The average molecular weight is 346 g/mol. The number of sulfonamides is 1. The highest BCUT2D eigenvalue weighted by molar-refractivity contribution is 7.89. The van der Waals surface area contributed by atoms with Crippen LogP contribution >= 0.6 is 0 Å². The minimum atomic E-state index is -3.53. The monoisotopic (exact) mass is 346 g/mol. The summed E-state index contributed by atoms with van der Waals surface area (Å²) in [5.74, 6) is 0.726. The molecule has 0 N–H and O–H groups in total. The molecule has 0 spiro atoms. The van der Waals surface area contributed by atoms with Crippen molar-refractivity contribution in [2.24, 2.45) is 0 Å². The van der Waals surface area contributed by atoms with Crippen molar-refractivity contribution in [3.8, 4) is 5.75 Å². The molecule has 1 aliphatic heterocycles. The zero-order chi connectivity index (χ0) is 17.2. The first-order valence-corrected chi connectivity index (χ1v) is 9.63. The van der Waals surface area contributed by atoms with E-state index in [-0.39, 0.29) is 6.04 Å². The zero-order valence-electron chi connectivity index (χ0n) is 14.0. The van der Waals surface area contributed by atoms with E-state index < -0.39 is 10.0 Å². The molecular weight excluding hydrogens is 324 g/mol. The molecule has 0 unspecified atom stereocenters. The van der Waals surface area contributed by atoms with Crippen LogP contribution in [0, 0.1) is 6.92 Å². The van der Waals surface area contributed by atoms with Crippen LogP contribution in [0.4, 0.5) is 0 Å². The lowest BCUT2D eigenvalue weighted by molar-refractivity contribution is 0.337. The minimum Gasteiger partial charge on any atom is -0.494 e. The van der Waals surface area contributed by atoms with Gasteiger partial charge in [0, 0.05) is 18.9 Å². The summed E-state index contributed by atoms with van der Waals surface area (Å²) in [4.78, 5) is 4.34. The number of benzene rings is 1. The third-order valence-electron chi connectivity index (χ3n) is 4.35. The third-order valence-corrected chi connectivity index (χ3v) is 6.25. The molecule has 1 aliphatic rings. The van der Waals surface area contributed by atoms with Gasteiger partial charge in [0.2, 0.25) is 10.0 Å². The number of hydrogen-bond acceptors (Lipinski definition) is 4. The molecule has 5 nitrogen and oxygen atoms in total. The van der Waals surface area contributed by atoms with Crippen LogP contribution in [0.2, 0.25) is 0 Å². The molecular formula is C18H22N2O3S. The van der Waals surface area contributed by atoms with Crippen molar-refractivity contribution in [2.45, 2.75) is 37.6 Å². The van der Waals surface area contributed by atoms with Crippen LogP contribution < -0.4 is 4.74 Å². The second-order valence-electron chi connectivity index (χ2n) is 5.91. The predicted molar refractivity (Wildman–Crippen MR) is 92.5 cm³/mol. The first-order valence-electron chi connectivity index (χ1n) is 8.19. The Morgan fingerprint density at radius 3 is 2.67 bits per heavy atom. The van der Waals surface area contributed by atoms with Gasteiger partial charge in [-0.3, -0.25) is 4.98 Å². The molecule has 1 aromatic carbocycles. The molecule has 1 atom stereocenters. The summed E-state index contributed by atoms with van der Waals surface area (Å²) in [5, 5.41) is 0. The van der Waals surface area contributed by atoms with Crippen molar-refractivity contribution in [1.29, 1.82) is 0 Å². The van der Waals surface area contributed by atoms with Crippen LogP contribution in [0.25, 0.3) is 0 Å². The van der Waals surface area contributed by atoms with E-state index in [4.69, 9.17) is 4.74 Å². The second kappa shape index (κ2) is 6.91. The summed E-state index contributed by atoms with van der Waals surface area (Å²) in [6.07, 6.45) is 5.11. The number of nitrogens with zero attached hydrogens (tertiary/aromatic N) is 2. The Labute approximate surface area is 143 Å². The van der Waals surface area contributed by atoms with Crippen LogP contribution in [0.5, 0.6) is 5.75 Å². The van der Waals surface area contributed by atoms with Crippen LogP contribution in [0.3, 0.4) is 0 Å². The highest BCUT2D eigenvalue weighted by Crippen LogP contribution is 2.37. The summed E-state index contributed by atoms with van der Waals surface area (Å²) in [6.45, 7) is 4.88.